The zero-order valence-corrected chi connectivity index (χ0v) is 19.7. The number of anilines is 1. The second kappa shape index (κ2) is 11.0. The number of rotatable bonds is 5. The van der Waals surface area contributed by atoms with Crippen molar-refractivity contribution in [2.24, 2.45) is 15.9 Å². The lowest BCUT2D eigenvalue weighted by atomic mass is 10.0. The van der Waals surface area contributed by atoms with Gasteiger partial charge in [0.05, 0.1) is 18.2 Å². The van der Waals surface area contributed by atoms with Crippen molar-refractivity contribution in [2.45, 2.75) is 39.0 Å². The number of nitrogens with one attached hydrogen (secondary N) is 2. The summed E-state index contributed by atoms with van der Waals surface area (Å²) in [6.07, 6.45) is 7.61. The first-order valence-electron chi connectivity index (χ1n) is 11.8. The molecule has 2 aliphatic heterocycles. The molecule has 1 aromatic heterocycles. The summed E-state index contributed by atoms with van der Waals surface area (Å²) >= 11 is 0. The van der Waals surface area contributed by atoms with Gasteiger partial charge in [-0.15, -0.1) is 0 Å². The fourth-order valence-electron chi connectivity index (χ4n) is 4.50. The Morgan fingerprint density at radius 1 is 1.29 bits per heavy atom. The zero-order valence-electron chi connectivity index (χ0n) is 19.7. The summed E-state index contributed by atoms with van der Waals surface area (Å²) in [5, 5.41) is 21.6. The van der Waals surface area contributed by atoms with Gasteiger partial charge in [-0.25, -0.2) is 9.98 Å². The summed E-state index contributed by atoms with van der Waals surface area (Å²) in [6.45, 7) is 3.87. The Morgan fingerprint density at radius 3 is 2.80 bits per heavy atom. The van der Waals surface area contributed by atoms with Crippen LogP contribution in [0.1, 0.15) is 37.9 Å². The van der Waals surface area contributed by atoms with Crippen molar-refractivity contribution >= 4 is 46.3 Å². The minimum atomic E-state index is -0.501. The van der Waals surface area contributed by atoms with E-state index in [4.69, 9.17) is 9.68 Å². The molecule has 0 spiro atoms. The van der Waals surface area contributed by atoms with E-state index < -0.39 is 5.92 Å². The third kappa shape index (κ3) is 5.60. The molecule has 4 rings (SSSR count). The molecule has 0 aliphatic carbocycles. The number of guanidine groups is 1. The molecule has 2 amide bonds. The van der Waals surface area contributed by atoms with Crippen LogP contribution in [0.3, 0.4) is 0 Å². The third-order valence-electron chi connectivity index (χ3n) is 6.35. The van der Waals surface area contributed by atoms with Gasteiger partial charge in [0.2, 0.25) is 17.8 Å². The van der Waals surface area contributed by atoms with E-state index in [2.05, 4.69) is 20.8 Å². The van der Waals surface area contributed by atoms with Crippen LogP contribution in [0, 0.1) is 24.3 Å². The maximum absolute atomic E-state index is 13.1. The van der Waals surface area contributed by atoms with E-state index >= 15 is 0 Å². The standard InChI is InChI=1S/C24H29N7O4/c1-16-22(29-34)19-12-18(7-8-20(19)35-16)28-24(27-15-25)26-13-17-6-2-3-11-31(23(17)33)14-21(32)30-9-4-5-10-30/h7-8,12-13,17,29,34H,2-6,9-11,14H2,1H3,(H,27,28)/b26-13-. The number of carbonyl (C=O) groups is 2. The second-order valence-electron chi connectivity index (χ2n) is 8.73. The minimum absolute atomic E-state index is 0.0107. The number of hydrogen-bond acceptors (Lipinski definition) is 7. The van der Waals surface area contributed by atoms with Crippen LogP contribution in [-0.4, -0.2) is 65.2 Å². The van der Waals surface area contributed by atoms with Crippen molar-refractivity contribution in [1.82, 2.24) is 15.1 Å². The molecule has 1 aromatic carbocycles. The lowest BCUT2D eigenvalue weighted by Crippen LogP contribution is -2.44. The summed E-state index contributed by atoms with van der Waals surface area (Å²) < 4.78 is 5.58. The van der Waals surface area contributed by atoms with Crippen LogP contribution in [0.5, 0.6) is 0 Å². The summed E-state index contributed by atoms with van der Waals surface area (Å²) in [5.74, 6) is -0.0924. The van der Waals surface area contributed by atoms with Crippen molar-refractivity contribution in [3.8, 4) is 6.19 Å². The van der Waals surface area contributed by atoms with Crippen LogP contribution in [0.2, 0.25) is 0 Å². The van der Waals surface area contributed by atoms with Crippen molar-refractivity contribution in [3.05, 3.63) is 24.0 Å². The Labute approximate surface area is 203 Å². The van der Waals surface area contributed by atoms with E-state index in [1.807, 2.05) is 11.1 Å². The Balaban J connectivity index is 1.51. The van der Waals surface area contributed by atoms with Crippen molar-refractivity contribution in [2.75, 3.05) is 31.7 Å². The van der Waals surface area contributed by atoms with E-state index in [-0.39, 0.29) is 24.3 Å². The Bertz CT molecular complexity index is 1190. The first-order valence-corrected chi connectivity index (χ1v) is 11.8. The number of nitriles is 1. The molecule has 35 heavy (non-hydrogen) atoms. The molecule has 2 fully saturated rings. The predicted octanol–water partition coefficient (Wildman–Crippen LogP) is 2.92. The molecule has 2 aliphatic rings. The first kappa shape index (κ1) is 24.2. The highest BCUT2D eigenvalue weighted by Gasteiger charge is 2.29. The topological polar surface area (TPSA) is 147 Å². The third-order valence-corrected chi connectivity index (χ3v) is 6.35. The monoisotopic (exact) mass is 479 g/mol. The highest BCUT2D eigenvalue weighted by atomic mass is 16.5. The van der Waals surface area contributed by atoms with Gasteiger partial charge in [-0.2, -0.15) is 5.26 Å². The van der Waals surface area contributed by atoms with Gasteiger partial charge in [0.1, 0.15) is 17.0 Å². The molecule has 1 unspecified atom stereocenters. The molecule has 2 saturated heterocycles. The minimum Gasteiger partial charge on any atom is -0.459 e. The summed E-state index contributed by atoms with van der Waals surface area (Å²) in [7, 11) is 0. The molecular formula is C24H29N7O4. The number of aryl methyl sites for hydroxylation is 1. The largest absolute Gasteiger partial charge is 0.459 e. The molecule has 0 saturated carbocycles. The average Bonchev–Trinajstić information content (AvgIpc) is 3.45. The van der Waals surface area contributed by atoms with E-state index in [9.17, 15) is 14.8 Å². The van der Waals surface area contributed by atoms with Gasteiger partial charge in [-0.05, 0) is 50.8 Å². The van der Waals surface area contributed by atoms with E-state index in [1.54, 1.807) is 30.0 Å². The van der Waals surface area contributed by atoms with Gasteiger partial charge in [0.25, 0.3) is 0 Å². The highest BCUT2D eigenvalue weighted by Crippen LogP contribution is 2.32. The molecular weight excluding hydrogens is 450 g/mol. The molecule has 0 bridgehead atoms. The average molecular weight is 480 g/mol. The maximum atomic E-state index is 13.1. The van der Waals surface area contributed by atoms with Gasteiger partial charge in [-0.1, -0.05) is 6.42 Å². The lowest BCUT2D eigenvalue weighted by Gasteiger charge is -2.25. The number of nitrogens with zero attached hydrogens (tertiary/aromatic N) is 5. The van der Waals surface area contributed by atoms with Gasteiger partial charge in [-0.3, -0.25) is 25.6 Å². The fraction of sp³-hybridized carbons (Fsp3) is 0.458. The Kier molecular flexibility index (Phi) is 7.62. The SMILES string of the molecule is Cc1oc2ccc(N=C(/N=C\C3CCCCN(CC(=O)N4CCCC4)C3=O)NC#N)cc2c1NO. The first-order chi connectivity index (χ1) is 17.0. The van der Waals surface area contributed by atoms with Crippen LogP contribution in [-0.2, 0) is 9.59 Å². The van der Waals surface area contributed by atoms with E-state index in [0.29, 0.717) is 41.1 Å². The number of fused-ring (bicyclic) bond motifs is 1. The van der Waals surface area contributed by atoms with Crippen LogP contribution in [0.25, 0.3) is 11.0 Å². The van der Waals surface area contributed by atoms with Crippen molar-refractivity contribution in [1.29, 1.82) is 5.26 Å². The summed E-state index contributed by atoms with van der Waals surface area (Å²) in [4.78, 5) is 37.8. The van der Waals surface area contributed by atoms with Crippen LogP contribution >= 0.6 is 0 Å². The number of benzene rings is 1. The van der Waals surface area contributed by atoms with Gasteiger partial charge in [0, 0.05) is 31.2 Å². The highest BCUT2D eigenvalue weighted by molar-refractivity contribution is 6.00. The van der Waals surface area contributed by atoms with Crippen molar-refractivity contribution < 1.29 is 19.2 Å². The molecule has 0 radical (unpaired) electrons. The predicted molar refractivity (Wildman–Crippen MR) is 130 cm³/mol. The number of aliphatic imine (C=N–C) groups is 2. The quantitative estimate of drug-likeness (QED) is 0.196. The molecule has 11 heteroatoms. The van der Waals surface area contributed by atoms with Gasteiger partial charge >= 0.3 is 0 Å². The van der Waals surface area contributed by atoms with Crippen LogP contribution in [0.4, 0.5) is 11.4 Å². The molecule has 184 valence electrons. The number of hydrogen-bond donors (Lipinski definition) is 3. The smallest absolute Gasteiger partial charge is 0.242 e. The molecule has 2 aromatic rings. The number of furan rings is 1. The number of carbonyl (C=O) groups excluding carboxylic acids is 2. The Hall–Kier alpha value is -3.91. The molecule has 1 atom stereocenters. The molecule has 3 heterocycles. The maximum Gasteiger partial charge on any atom is 0.242 e. The zero-order chi connectivity index (χ0) is 24.8. The summed E-state index contributed by atoms with van der Waals surface area (Å²) in [6, 6.07) is 5.10. The van der Waals surface area contributed by atoms with Crippen LogP contribution < -0.4 is 10.8 Å². The number of likely N-dealkylation sites (tertiary alicyclic amines) is 2. The molecule has 3 N–H and O–H groups in total. The van der Waals surface area contributed by atoms with Crippen LogP contribution in [0.15, 0.2) is 32.6 Å². The number of amides is 2. The van der Waals surface area contributed by atoms with E-state index in [0.717, 1.165) is 38.8 Å². The second-order valence-corrected chi connectivity index (χ2v) is 8.73. The fourth-order valence-corrected chi connectivity index (χ4v) is 4.50. The molecule has 11 nitrogen and oxygen atoms in total. The lowest BCUT2D eigenvalue weighted by molar-refractivity contribution is -0.140. The Morgan fingerprint density at radius 2 is 2.06 bits per heavy atom. The normalized spacial score (nSPS) is 19.3. The van der Waals surface area contributed by atoms with Gasteiger partial charge < -0.3 is 14.2 Å². The van der Waals surface area contributed by atoms with Crippen molar-refractivity contribution in [3.63, 3.8) is 0 Å². The van der Waals surface area contributed by atoms with Gasteiger partial charge in [0.15, 0.2) is 6.19 Å². The van der Waals surface area contributed by atoms with E-state index in [1.165, 1.54) is 6.21 Å². The summed E-state index contributed by atoms with van der Waals surface area (Å²) in [5.41, 5.74) is 3.62.